The second-order valence-electron chi connectivity index (χ2n) is 5.02. The highest BCUT2D eigenvalue weighted by Crippen LogP contribution is 2.29. The molecule has 1 fully saturated rings. The van der Waals surface area contributed by atoms with Gasteiger partial charge < -0.3 is 14.2 Å². The highest BCUT2D eigenvalue weighted by atomic mass is 16.6. The van der Waals surface area contributed by atoms with Gasteiger partial charge in [0.05, 0.1) is 25.2 Å². The van der Waals surface area contributed by atoms with Crippen molar-refractivity contribution in [2.24, 2.45) is 5.41 Å². The Morgan fingerprint density at radius 2 is 2.20 bits per heavy atom. The molecule has 7 heteroatoms. The van der Waals surface area contributed by atoms with Gasteiger partial charge in [0.1, 0.15) is 17.9 Å². The molecule has 0 N–H and O–H groups in total. The summed E-state index contributed by atoms with van der Waals surface area (Å²) in [5.74, 6) is -0.394. The first-order valence-corrected chi connectivity index (χ1v) is 6.02. The SMILES string of the molecule is COc1ccc([N+](=O)[O-])cc1C(=O)OCC1(C)COC1. The Bertz CT molecular complexity index is 538. The summed E-state index contributed by atoms with van der Waals surface area (Å²) in [4.78, 5) is 22.2. The smallest absolute Gasteiger partial charge is 0.342 e. The first-order valence-electron chi connectivity index (χ1n) is 6.02. The third kappa shape index (κ3) is 2.88. The van der Waals surface area contributed by atoms with E-state index in [-0.39, 0.29) is 29.0 Å². The zero-order valence-electron chi connectivity index (χ0n) is 11.3. The number of non-ortho nitro benzene ring substituents is 1. The van der Waals surface area contributed by atoms with Crippen LogP contribution in [0, 0.1) is 15.5 Å². The van der Waals surface area contributed by atoms with E-state index in [1.54, 1.807) is 0 Å². The zero-order valence-corrected chi connectivity index (χ0v) is 11.3. The molecule has 0 atom stereocenters. The van der Waals surface area contributed by atoms with Crippen LogP contribution < -0.4 is 4.74 Å². The zero-order chi connectivity index (χ0) is 14.8. The van der Waals surface area contributed by atoms with Gasteiger partial charge in [-0.05, 0) is 6.07 Å². The minimum Gasteiger partial charge on any atom is -0.496 e. The molecule has 0 spiro atoms. The molecule has 7 nitrogen and oxygen atoms in total. The predicted octanol–water partition coefficient (Wildman–Crippen LogP) is 1.80. The fourth-order valence-corrected chi connectivity index (χ4v) is 1.82. The van der Waals surface area contributed by atoms with Crippen LogP contribution in [-0.2, 0) is 9.47 Å². The van der Waals surface area contributed by atoms with E-state index >= 15 is 0 Å². The molecule has 1 aliphatic rings. The molecule has 108 valence electrons. The van der Waals surface area contributed by atoms with Gasteiger partial charge in [0, 0.05) is 17.5 Å². The fourth-order valence-electron chi connectivity index (χ4n) is 1.82. The van der Waals surface area contributed by atoms with Crippen LogP contribution in [-0.4, -0.2) is 37.8 Å². The molecule has 1 aromatic carbocycles. The number of hydrogen-bond acceptors (Lipinski definition) is 6. The Kier molecular flexibility index (Phi) is 3.89. The van der Waals surface area contributed by atoms with Crippen molar-refractivity contribution < 1.29 is 23.9 Å². The van der Waals surface area contributed by atoms with E-state index in [1.807, 2.05) is 6.92 Å². The van der Waals surface area contributed by atoms with E-state index in [2.05, 4.69) is 0 Å². The number of hydrogen-bond donors (Lipinski definition) is 0. The van der Waals surface area contributed by atoms with Crippen molar-refractivity contribution >= 4 is 11.7 Å². The number of ether oxygens (including phenoxy) is 3. The van der Waals surface area contributed by atoms with E-state index in [9.17, 15) is 14.9 Å². The molecule has 0 bridgehead atoms. The lowest BCUT2D eigenvalue weighted by molar-refractivity contribution is -0.384. The van der Waals surface area contributed by atoms with Crippen LogP contribution in [0.1, 0.15) is 17.3 Å². The summed E-state index contributed by atoms with van der Waals surface area (Å²) in [6.45, 7) is 3.21. The van der Waals surface area contributed by atoms with Gasteiger partial charge in [-0.1, -0.05) is 6.92 Å². The molecule has 1 aliphatic heterocycles. The van der Waals surface area contributed by atoms with Gasteiger partial charge in [-0.15, -0.1) is 0 Å². The summed E-state index contributed by atoms with van der Waals surface area (Å²) >= 11 is 0. The van der Waals surface area contributed by atoms with Crippen molar-refractivity contribution in [1.82, 2.24) is 0 Å². The number of nitro benzene ring substituents is 1. The Labute approximate surface area is 115 Å². The molecule has 0 radical (unpaired) electrons. The van der Waals surface area contributed by atoms with Crippen molar-refractivity contribution in [1.29, 1.82) is 0 Å². The number of nitro groups is 1. The second kappa shape index (κ2) is 5.46. The van der Waals surface area contributed by atoms with E-state index in [1.165, 1.54) is 19.2 Å². The molecule has 0 saturated carbocycles. The molecule has 2 rings (SSSR count). The van der Waals surface area contributed by atoms with Crippen LogP contribution in [0.3, 0.4) is 0 Å². The maximum absolute atomic E-state index is 12.0. The minimum absolute atomic E-state index is 0.0468. The van der Waals surface area contributed by atoms with Crippen LogP contribution >= 0.6 is 0 Å². The van der Waals surface area contributed by atoms with Crippen molar-refractivity contribution in [3.8, 4) is 5.75 Å². The fraction of sp³-hybridized carbons (Fsp3) is 0.462. The standard InChI is InChI=1S/C13H15NO6/c1-13(6-19-7-13)8-20-12(15)10-5-9(14(16)17)3-4-11(10)18-2/h3-5H,6-8H2,1-2H3. The number of nitrogens with zero attached hydrogens (tertiary/aromatic N) is 1. The number of esters is 1. The van der Waals surface area contributed by atoms with Crippen LogP contribution in [0.2, 0.25) is 0 Å². The van der Waals surface area contributed by atoms with Gasteiger partial charge in [-0.25, -0.2) is 4.79 Å². The molecule has 1 aromatic rings. The van der Waals surface area contributed by atoms with Crippen LogP contribution in [0.4, 0.5) is 5.69 Å². The summed E-state index contributed by atoms with van der Waals surface area (Å²) < 4.78 is 15.3. The van der Waals surface area contributed by atoms with Crippen molar-refractivity contribution in [3.63, 3.8) is 0 Å². The topological polar surface area (TPSA) is 87.9 Å². The van der Waals surface area contributed by atoms with Crippen molar-refractivity contribution in [2.75, 3.05) is 26.9 Å². The van der Waals surface area contributed by atoms with Crippen LogP contribution in [0.25, 0.3) is 0 Å². The summed E-state index contributed by atoms with van der Waals surface area (Å²) in [5, 5.41) is 10.7. The lowest BCUT2D eigenvalue weighted by atomic mass is 9.90. The Hall–Kier alpha value is -2.15. The molecular formula is C13H15NO6. The Morgan fingerprint density at radius 1 is 1.50 bits per heavy atom. The van der Waals surface area contributed by atoms with Gasteiger partial charge in [-0.3, -0.25) is 10.1 Å². The lowest BCUT2D eigenvalue weighted by Gasteiger charge is -2.37. The molecule has 0 amide bonds. The molecule has 0 unspecified atom stereocenters. The van der Waals surface area contributed by atoms with Crippen LogP contribution in [0.5, 0.6) is 5.75 Å². The summed E-state index contributed by atoms with van der Waals surface area (Å²) in [6, 6.07) is 3.81. The molecule has 0 aliphatic carbocycles. The van der Waals surface area contributed by atoms with Crippen molar-refractivity contribution in [2.45, 2.75) is 6.92 Å². The summed E-state index contributed by atoms with van der Waals surface area (Å²) in [6.07, 6.45) is 0. The van der Waals surface area contributed by atoms with Gasteiger partial charge in [0.25, 0.3) is 5.69 Å². The highest BCUT2D eigenvalue weighted by molar-refractivity contribution is 5.93. The number of carbonyl (C=O) groups excluding carboxylic acids is 1. The van der Waals surface area contributed by atoms with Gasteiger partial charge >= 0.3 is 5.97 Å². The molecule has 1 saturated heterocycles. The molecule has 20 heavy (non-hydrogen) atoms. The van der Waals surface area contributed by atoms with Crippen molar-refractivity contribution in [3.05, 3.63) is 33.9 Å². The number of rotatable bonds is 5. The molecule has 0 aromatic heterocycles. The maximum Gasteiger partial charge on any atom is 0.342 e. The normalized spacial score (nSPS) is 16.1. The quantitative estimate of drug-likeness (QED) is 0.464. The predicted molar refractivity (Wildman–Crippen MR) is 68.9 cm³/mol. The average molecular weight is 281 g/mol. The maximum atomic E-state index is 12.0. The third-order valence-electron chi connectivity index (χ3n) is 3.07. The van der Waals surface area contributed by atoms with E-state index < -0.39 is 10.9 Å². The van der Waals surface area contributed by atoms with Gasteiger partial charge in [0.15, 0.2) is 0 Å². The summed E-state index contributed by atoms with van der Waals surface area (Å²) in [7, 11) is 1.39. The Balaban J connectivity index is 2.14. The molecular weight excluding hydrogens is 266 g/mol. The van der Waals surface area contributed by atoms with E-state index in [4.69, 9.17) is 14.2 Å². The number of carbonyl (C=O) groups is 1. The van der Waals surface area contributed by atoms with Crippen LogP contribution in [0.15, 0.2) is 18.2 Å². The third-order valence-corrected chi connectivity index (χ3v) is 3.07. The second-order valence-corrected chi connectivity index (χ2v) is 5.02. The average Bonchev–Trinajstić information content (AvgIpc) is 2.41. The van der Waals surface area contributed by atoms with Gasteiger partial charge in [0.2, 0.25) is 0 Å². The minimum atomic E-state index is -0.640. The summed E-state index contributed by atoms with van der Waals surface area (Å²) in [5.41, 5.74) is -0.314. The van der Waals surface area contributed by atoms with E-state index in [0.717, 1.165) is 6.07 Å². The largest absolute Gasteiger partial charge is 0.496 e. The Morgan fingerprint density at radius 3 is 2.70 bits per heavy atom. The number of benzene rings is 1. The lowest BCUT2D eigenvalue weighted by Crippen LogP contribution is -2.44. The monoisotopic (exact) mass is 281 g/mol. The highest BCUT2D eigenvalue weighted by Gasteiger charge is 2.35. The first-order chi connectivity index (χ1) is 9.45. The molecule has 1 heterocycles. The number of methoxy groups -OCH3 is 1. The first kappa shape index (κ1) is 14.3. The van der Waals surface area contributed by atoms with Gasteiger partial charge in [-0.2, -0.15) is 0 Å². The van der Waals surface area contributed by atoms with E-state index in [0.29, 0.717) is 13.2 Å².